The molecule has 1 aliphatic heterocycles. The summed E-state index contributed by atoms with van der Waals surface area (Å²) in [5.41, 5.74) is 6.63. The summed E-state index contributed by atoms with van der Waals surface area (Å²) in [6.07, 6.45) is 2.11. The van der Waals surface area contributed by atoms with Gasteiger partial charge in [-0.25, -0.2) is 4.98 Å². The minimum atomic E-state index is 0.144. The topological polar surface area (TPSA) is 40.9 Å². The zero-order valence-electron chi connectivity index (χ0n) is 18.1. The second kappa shape index (κ2) is 9.23. The minimum absolute atomic E-state index is 0.144. The van der Waals surface area contributed by atoms with Crippen molar-refractivity contribution in [2.75, 3.05) is 31.9 Å². The molecule has 0 aliphatic carbocycles. The first-order valence-corrected chi connectivity index (χ1v) is 11.8. The van der Waals surface area contributed by atoms with Gasteiger partial charge in [-0.1, -0.05) is 19.1 Å². The van der Waals surface area contributed by atoms with Gasteiger partial charge in [-0.05, 0) is 55.0 Å². The molecule has 0 spiro atoms. The molecule has 6 heteroatoms. The van der Waals surface area contributed by atoms with Crippen molar-refractivity contribution >= 4 is 23.3 Å². The predicted octanol–water partition coefficient (Wildman–Crippen LogP) is 4.16. The third-order valence-electron chi connectivity index (χ3n) is 5.79. The van der Waals surface area contributed by atoms with Gasteiger partial charge in [-0.3, -0.25) is 9.69 Å². The van der Waals surface area contributed by atoms with E-state index in [1.165, 1.54) is 16.8 Å². The number of nitrogens with zero attached hydrogens (tertiary/aromatic N) is 4. The molecule has 3 aromatic rings. The number of carbonyl (C=O) groups is 1. The number of fused-ring (bicyclic) bond motifs is 1. The molecule has 0 atom stereocenters. The summed E-state index contributed by atoms with van der Waals surface area (Å²) < 4.78 is 2.19. The summed E-state index contributed by atoms with van der Waals surface area (Å²) in [5.74, 6) is 2.26. The van der Waals surface area contributed by atoms with Crippen molar-refractivity contribution in [3.8, 4) is 0 Å². The predicted molar refractivity (Wildman–Crippen MR) is 124 cm³/mol. The fourth-order valence-electron chi connectivity index (χ4n) is 3.97. The zero-order valence-corrected chi connectivity index (χ0v) is 18.9. The lowest BCUT2D eigenvalue weighted by molar-refractivity contribution is 0.0626. The van der Waals surface area contributed by atoms with Crippen molar-refractivity contribution in [3.63, 3.8) is 0 Å². The Morgan fingerprint density at radius 1 is 1.07 bits per heavy atom. The molecule has 1 aromatic carbocycles. The summed E-state index contributed by atoms with van der Waals surface area (Å²) in [6, 6.07) is 12.4. The van der Waals surface area contributed by atoms with Gasteiger partial charge in [-0.15, -0.1) is 0 Å². The standard InChI is InChI=1S/C24H30N4OS/c1-4-30-17-20-5-7-21(8-6-20)24(29)27-13-11-26(12-14-27)16-22-19(3)25-23-15-18(2)9-10-28(22)23/h5-10,15H,4,11-14,16-17H2,1-3H3. The Morgan fingerprint density at radius 2 is 1.80 bits per heavy atom. The molecule has 1 saturated heterocycles. The van der Waals surface area contributed by atoms with Gasteiger partial charge in [0.2, 0.25) is 0 Å². The van der Waals surface area contributed by atoms with E-state index in [1.54, 1.807) is 0 Å². The van der Waals surface area contributed by atoms with E-state index in [2.05, 4.69) is 60.5 Å². The number of thioether (sulfide) groups is 1. The van der Waals surface area contributed by atoms with Crippen LogP contribution in [0.2, 0.25) is 0 Å². The number of carbonyl (C=O) groups excluding carboxylic acids is 1. The highest BCUT2D eigenvalue weighted by Crippen LogP contribution is 2.18. The molecule has 0 N–H and O–H groups in total. The number of hydrogen-bond acceptors (Lipinski definition) is 4. The molecule has 5 nitrogen and oxygen atoms in total. The highest BCUT2D eigenvalue weighted by atomic mass is 32.2. The van der Waals surface area contributed by atoms with Crippen LogP contribution in [0.3, 0.4) is 0 Å². The van der Waals surface area contributed by atoms with Crippen LogP contribution in [-0.4, -0.2) is 57.0 Å². The summed E-state index contributed by atoms with van der Waals surface area (Å²) >= 11 is 1.90. The average molecular weight is 423 g/mol. The SMILES string of the molecule is CCSCc1ccc(C(=O)N2CCN(Cc3c(C)nc4cc(C)ccn34)CC2)cc1. The Morgan fingerprint density at radius 3 is 2.50 bits per heavy atom. The van der Waals surface area contributed by atoms with E-state index in [-0.39, 0.29) is 5.91 Å². The third-order valence-corrected chi connectivity index (χ3v) is 6.73. The largest absolute Gasteiger partial charge is 0.336 e. The van der Waals surface area contributed by atoms with Crippen molar-refractivity contribution in [2.24, 2.45) is 0 Å². The molecule has 3 heterocycles. The lowest BCUT2D eigenvalue weighted by Crippen LogP contribution is -2.48. The van der Waals surface area contributed by atoms with Gasteiger partial charge in [0.1, 0.15) is 5.65 Å². The first kappa shape index (κ1) is 20.9. The van der Waals surface area contributed by atoms with Crippen LogP contribution in [0.1, 0.15) is 39.8 Å². The van der Waals surface area contributed by atoms with Gasteiger partial charge in [0.25, 0.3) is 5.91 Å². The normalized spacial score (nSPS) is 15.1. The number of piperazine rings is 1. The molecule has 1 aliphatic rings. The molecular formula is C24H30N4OS. The Hall–Kier alpha value is -2.31. The fraction of sp³-hybridized carbons (Fsp3) is 0.417. The van der Waals surface area contributed by atoms with Gasteiger partial charge in [-0.2, -0.15) is 11.8 Å². The molecule has 0 unspecified atom stereocenters. The van der Waals surface area contributed by atoms with Crippen LogP contribution in [0.4, 0.5) is 0 Å². The quantitative estimate of drug-likeness (QED) is 0.598. The summed E-state index contributed by atoms with van der Waals surface area (Å²) in [5, 5.41) is 0. The third kappa shape index (κ3) is 4.55. The highest BCUT2D eigenvalue weighted by Gasteiger charge is 2.23. The molecule has 0 radical (unpaired) electrons. The summed E-state index contributed by atoms with van der Waals surface area (Å²) in [7, 11) is 0. The number of aryl methyl sites for hydroxylation is 2. The molecule has 1 fully saturated rings. The number of imidazole rings is 1. The maximum atomic E-state index is 12.9. The number of amides is 1. The number of rotatable bonds is 6. The van der Waals surface area contributed by atoms with Crippen LogP contribution in [0.5, 0.6) is 0 Å². The van der Waals surface area contributed by atoms with Crippen LogP contribution >= 0.6 is 11.8 Å². The second-order valence-corrected chi connectivity index (χ2v) is 9.25. The lowest BCUT2D eigenvalue weighted by atomic mass is 10.1. The molecule has 2 aromatic heterocycles. The monoisotopic (exact) mass is 422 g/mol. The van der Waals surface area contributed by atoms with E-state index >= 15 is 0 Å². The van der Waals surface area contributed by atoms with Crippen LogP contribution in [0.25, 0.3) is 5.65 Å². The smallest absolute Gasteiger partial charge is 0.253 e. The van der Waals surface area contributed by atoms with E-state index in [0.29, 0.717) is 0 Å². The van der Waals surface area contributed by atoms with Gasteiger partial charge >= 0.3 is 0 Å². The molecule has 158 valence electrons. The first-order chi connectivity index (χ1) is 14.5. The van der Waals surface area contributed by atoms with Crippen molar-refractivity contribution in [1.82, 2.24) is 19.2 Å². The van der Waals surface area contributed by atoms with Crippen LogP contribution < -0.4 is 0 Å². The van der Waals surface area contributed by atoms with Gasteiger partial charge in [0.15, 0.2) is 0 Å². The first-order valence-electron chi connectivity index (χ1n) is 10.7. The van der Waals surface area contributed by atoms with Crippen LogP contribution in [0.15, 0.2) is 42.6 Å². The highest BCUT2D eigenvalue weighted by molar-refractivity contribution is 7.98. The Labute approximate surface area is 183 Å². The molecule has 1 amide bonds. The van der Waals surface area contributed by atoms with E-state index in [0.717, 1.165) is 61.1 Å². The average Bonchev–Trinajstić information content (AvgIpc) is 3.06. The molecule has 30 heavy (non-hydrogen) atoms. The van der Waals surface area contributed by atoms with Crippen LogP contribution in [0, 0.1) is 13.8 Å². The Bertz CT molecular complexity index is 1020. The number of pyridine rings is 1. The van der Waals surface area contributed by atoms with E-state index in [1.807, 2.05) is 28.8 Å². The van der Waals surface area contributed by atoms with Crippen molar-refractivity contribution in [1.29, 1.82) is 0 Å². The van der Waals surface area contributed by atoms with Gasteiger partial charge in [0, 0.05) is 50.2 Å². The second-order valence-electron chi connectivity index (χ2n) is 7.98. The maximum absolute atomic E-state index is 12.9. The summed E-state index contributed by atoms with van der Waals surface area (Å²) in [4.78, 5) is 22.0. The lowest BCUT2D eigenvalue weighted by Gasteiger charge is -2.34. The number of aromatic nitrogens is 2. The number of hydrogen-bond donors (Lipinski definition) is 0. The molecular weight excluding hydrogens is 392 g/mol. The van der Waals surface area contributed by atoms with Crippen molar-refractivity contribution < 1.29 is 4.79 Å². The fourth-order valence-corrected chi connectivity index (χ4v) is 4.60. The molecule has 0 bridgehead atoms. The van der Waals surface area contributed by atoms with Crippen molar-refractivity contribution in [2.45, 2.75) is 33.1 Å². The summed E-state index contributed by atoms with van der Waals surface area (Å²) in [6.45, 7) is 10.5. The van der Waals surface area contributed by atoms with Crippen LogP contribution in [-0.2, 0) is 12.3 Å². The zero-order chi connectivity index (χ0) is 21.1. The Kier molecular flexibility index (Phi) is 6.44. The minimum Gasteiger partial charge on any atom is -0.336 e. The van der Waals surface area contributed by atoms with E-state index in [4.69, 9.17) is 4.98 Å². The Balaban J connectivity index is 1.36. The number of benzene rings is 1. The maximum Gasteiger partial charge on any atom is 0.253 e. The van der Waals surface area contributed by atoms with Gasteiger partial charge < -0.3 is 9.30 Å². The molecule has 4 rings (SSSR count). The molecule has 0 saturated carbocycles. The van der Waals surface area contributed by atoms with Crippen molar-refractivity contribution in [3.05, 3.63) is 70.7 Å². The van der Waals surface area contributed by atoms with Gasteiger partial charge in [0.05, 0.1) is 11.4 Å². The van der Waals surface area contributed by atoms with E-state index in [9.17, 15) is 4.79 Å². The van der Waals surface area contributed by atoms with E-state index < -0.39 is 0 Å².